The maximum absolute atomic E-state index is 11.2. The zero-order valence-electron chi connectivity index (χ0n) is 8.80. The molecule has 0 spiro atoms. The van der Waals surface area contributed by atoms with Crippen LogP contribution in [0.3, 0.4) is 0 Å². The van der Waals surface area contributed by atoms with E-state index in [4.69, 9.17) is 5.26 Å². The van der Waals surface area contributed by atoms with Crippen molar-refractivity contribution in [3.63, 3.8) is 0 Å². The summed E-state index contributed by atoms with van der Waals surface area (Å²) < 4.78 is 4.65. The summed E-state index contributed by atoms with van der Waals surface area (Å²) in [6, 6.07) is 10.7. The molecule has 0 aliphatic heterocycles. The first-order valence-corrected chi connectivity index (χ1v) is 4.74. The Bertz CT molecular complexity index is 421. The van der Waals surface area contributed by atoms with Gasteiger partial charge in [-0.15, -0.1) is 0 Å². The Kier molecular flexibility index (Phi) is 4.54. The first-order valence-electron chi connectivity index (χ1n) is 4.74. The molecule has 0 amide bonds. The van der Waals surface area contributed by atoms with Crippen LogP contribution in [0.15, 0.2) is 35.4 Å². The Morgan fingerprint density at radius 3 is 2.75 bits per heavy atom. The molecule has 0 aliphatic carbocycles. The van der Waals surface area contributed by atoms with Gasteiger partial charge in [-0.05, 0) is 19.1 Å². The molecule has 5 nitrogen and oxygen atoms in total. The molecule has 0 aromatic heterocycles. The van der Waals surface area contributed by atoms with Crippen molar-refractivity contribution in [1.29, 1.82) is 5.26 Å². The maximum atomic E-state index is 11.2. The highest BCUT2D eigenvalue weighted by Crippen LogP contribution is 2.04. The first kappa shape index (κ1) is 11.7. The Morgan fingerprint density at radius 1 is 1.50 bits per heavy atom. The Hall–Kier alpha value is -2.35. The van der Waals surface area contributed by atoms with Crippen molar-refractivity contribution in [2.45, 2.75) is 6.92 Å². The van der Waals surface area contributed by atoms with Crippen molar-refractivity contribution in [3.05, 3.63) is 30.3 Å². The van der Waals surface area contributed by atoms with Crippen LogP contribution in [0.2, 0.25) is 0 Å². The number of hydrogen-bond acceptors (Lipinski definition) is 5. The molecule has 1 rings (SSSR count). The van der Waals surface area contributed by atoms with Crippen LogP contribution < -0.4 is 5.43 Å². The van der Waals surface area contributed by atoms with Crippen LogP contribution in [0.4, 0.5) is 5.69 Å². The van der Waals surface area contributed by atoms with Gasteiger partial charge in [0, 0.05) is 0 Å². The van der Waals surface area contributed by atoms with E-state index in [2.05, 4.69) is 15.3 Å². The minimum atomic E-state index is -0.728. The van der Waals surface area contributed by atoms with Crippen molar-refractivity contribution >= 4 is 17.4 Å². The van der Waals surface area contributed by atoms with Gasteiger partial charge in [0.15, 0.2) is 0 Å². The minimum Gasteiger partial charge on any atom is -0.461 e. The van der Waals surface area contributed by atoms with E-state index < -0.39 is 5.97 Å². The van der Waals surface area contributed by atoms with Crippen molar-refractivity contribution in [2.75, 3.05) is 12.0 Å². The number of nitrogens with one attached hydrogen (secondary N) is 1. The van der Waals surface area contributed by atoms with Gasteiger partial charge in [-0.3, -0.25) is 5.43 Å². The molecule has 0 aliphatic rings. The van der Waals surface area contributed by atoms with Crippen LogP contribution in [0.1, 0.15) is 6.92 Å². The number of hydrogen-bond donors (Lipinski definition) is 1. The first-order chi connectivity index (χ1) is 7.77. The van der Waals surface area contributed by atoms with Crippen LogP contribution in [-0.4, -0.2) is 18.3 Å². The number of esters is 1. The standard InChI is InChI=1S/C11H11N3O2/c1-2-16-11(15)10(8-12)14-13-9-6-4-3-5-7-9/h3-7,13H,2H2,1H3/b14-10-. The number of hydrazone groups is 1. The lowest BCUT2D eigenvalue weighted by atomic mass is 10.3. The zero-order valence-corrected chi connectivity index (χ0v) is 8.80. The number of para-hydroxylation sites is 1. The van der Waals surface area contributed by atoms with E-state index in [0.29, 0.717) is 5.69 Å². The number of carbonyl (C=O) groups is 1. The molecular formula is C11H11N3O2. The lowest BCUT2D eigenvalue weighted by Crippen LogP contribution is -2.17. The molecular weight excluding hydrogens is 206 g/mol. The molecule has 0 saturated heterocycles. The number of benzene rings is 1. The molecule has 0 atom stereocenters. The fraction of sp³-hybridized carbons (Fsp3) is 0.182. The van der Waals surface area contributed by atoms with Crippen LogP contribution in [-0.2, 0) is 9.53 Å². The van der Waals surface area contributed by atoms with Crippen molar-refractivity contribution < 1.29 is 9.53 Å². The van der Waals surface area contributed by atoms with Gasteiger partial charge in [-0.25, -0.2) is 4.79 Å². The Balaban J connectivity index is 2.68. The molecule has 0 saturated carbocycles. The third kappa shape index (κ3) is 3.42. The van der Waals surface area contributed by atoms with Crippen LogP contribution in [0, 0.1) is 11.3 Å². The fourth-order valence-corrected chi connectivity index (χ4v) is 0.949. The van der Waals surface area contributed by atoms with Crippen LogP contribution >= 0.6 is 0 Å². The average molecular weight is 217 g/mol. The van der Waals surface area contributed by atoms with Crippen LogP contribution in [0.5, 0.6) is 0 Å². The predicted molar refractivity (Wildman–Crippen MR) is 59.7 cm³/mol. The summed E-state index contributed by atoms with van der Waals surface area (Å²) in [5.41, 5.74) is 2.99. The number of rotatable bonds is 4. The summed E-state index contributed by atoms with van der Waals surface area (Å²) in [6.45, 7) is 1.88. The van der Waals surface area contributed by atoms with E-state index in [0.717, 1.165) is 0 Å². The van der Waals surface area contributed by atoms with Gasteiger partial charge in [-0.1, -0.05) is 18.2 Å². The van der Waals surface area contributed by atoms with Gasteiger partial charge in [-0.2, -0.15) is 10.4 Å². The van der Waals surface area contributed by atoms with E-state index in [1.54, 1.807) is 25.1 Å². The van der Waals surface area contributed by atoms with Gasteiger partial charge in [0.2, 0.25) is 5.71 Å². The summed E-state index contributed by atoms with van der Waals surface area (Å²) in [6.07, 6.45) is 0. The van der Waals surface area contributed by atoms with Gasteiger partial charge in [0.25, 0.3) is 0 Å². The van der Waals surface area contributed by atoms with Crippen molar-refractivity contribution in [3.8, 4) is 6.07 Å². The molecule has 82 valence electrons. The molecule has 16 heavy (non-hydrogen) atoms. The number of carbonyl (C=O) groups excluding carboxylic acids is 1. The van der Waals surface area contributed by atoms with Crippen molar-refractivity contribution in [2.24, 2.45) is 5.10 Å². The predicted octanol–water partition coefficient (Wildman–Crippen LogP) is 1.54. The SMILES string of the molecule is CCOC(=O)/C(C#N)=N\Nc1ccccc1. The largest absolute Gasteiger partial charge is 0.461 e. The lowest BCUT2D eigenvalue weighted by molar-refractivity contribution is -0.134. The zero-order chi connectivity index (χ0) is 11.8. The smallest absolute Gasteiger partial charge is 0.369 e. The normalized spacial score (nSPS) is 10.4. The molecule has 0 heterocycles. The summed E-state index contributed by atoms with van der Waals surface area (Å²) in [5.74, 6) is -0.728. The molecule has 5 heteroatoms. The molecule has 0 fully saturated rings. The third-order valence-corrected chi connectivity index (χ3v) is 1.65. The van der Waals surface area contributed by atoms with E-state index in [-0.39, 0.29) is 12.3 Å². The summed E-state index contributed by atoms with van der Waals surface area (Å²) in [4.78, 5) is 11.2. The van der Waals surface area contributed by atoms with E-state index in [1.165, 1.54) is 0 Å². The quantitative estimate of drug-likeness (QED) is 0.471. The molecule has 0 radical (unpaired) electrons. The second-order valence-corrected chi connectivity index (χ2v) is 2.77. The van der Waals surface area contributed by atoms with E-state index >= 15 is 0 Å². The minimum absolute atomic E-state index is 0.213. The molecule has 1 aromatic rings. The Labute approximate surface area is 93.3 Å². The summed E-state index contributed by atoms with van der Waals surface area (Å²) in [7, 11) is 0. The highest BCUT2D eigenvalue weighted by atomic mass is 16.5. The monoisotopic (exact) mass is 217 g/mol. The third-order valence-electron chi connectivity index (χ3n) is 1.65. The Morgan fingerprint density at radius 2 is 2.19 bits per heavy atom. The number of ether oxygens (including phenoxy) is 1. The van der Waals surface area contributed by atoms with E-state index in [1.807, 2.05) is 18.2 Å². The molecule has 1 aromatic carbocycles. The second kappa shape index (κ2) is 6.19. The highest BCUT2D eigenvalue weighted by Gasteiger charge is 2.11. The summed E-state index contributed by atoms with van der Waals surface area (Å²) >= 11 is 0. The number of nitriles is 1. The molecule has 0 bridgehead atoms. The van der Waals surface area contributed by atoms with Crippen molar-refractivity contribution in [1.82, 2.24) is 0 Å². The van der Waals surface area contributed by atoms with Crippen LogP contribution in [0.25, 0.3) is 0 Å². The molecule has 1 N–H and O–H groups in total. The number of anilines is 1. The lowest BCUT2D eigenvalue weighted by Gasteiger charge is -2.01. The second-order valence-electron chi connectivity index (χ2n) is 2.77. The topological polar surface area (TPSA) is 74.5 Å². The fourth-order valence-electron chi connectivity index (χ4n) is 0.949. The number of nitrogens with zero attached hydrogens (tertiary/aromatic N) is 2. The van der Waals surface area contributed by atoms with Gasteiger partial charge in [0.1, 0.15) is 6.07 Å². The van der Waals surface area contributed by atoms with E-state index in [9.17, 15) is 4.79 Å². The highest BCUT2D eigenvalue weighted by molar-refractivity contribution is 6.43. The average Bonchev–Trinajstić information content (AvgIpc) is 2.31. The molecule has 0 unspecified atom stereocenters. The van der Waals surface area contributed by atoms with Gasteiger partial charge < -0.3 is 4.74 Å². The summed E-state index contributed by atoms with van der Waals surface area (Å²) in [5, 5.41) is 12.3. The maximum Gasteiger partial charge on any atom is 0.369 e. The van der Waals surface area contributed by atoms with Gasteiger partial charge in [0.05, 0.1) is 12.3 Å². The van der Waals surface area contributed by atoms with Gasteiger partial charge >= 0.3 is 5.97 Å².